The van der Waals surface area contributed by atoms with Crippen molar-refractivity contribution in [2.75, 3.05) is 0 Å². The van der Waals surface area contributed by atoms with Crippen molar-refractivity contribution in [3.05, 3.63) is 35.5 Å². The van der Waals surface area contributed by atoms with Crippen molar-refractivity contribution >= 4 is 0 Å². The zero-order valence-electron chi connectivity index (χ0n) is 8.59. The van der Waals surface area contributed by atoms with Gasteiger partial charge in [0.25, 0.3) is 0 Å². The molecule has 0 aromatic heterocycles. The van der Waals surface area contributed by atoms with Gasteiger partial charge in [-0.15, -0.1) is 0 Å². The van der Waals surface area contributed by atoms with Gasteiger partial charge in [-0.2, -0.15) is 0 Å². The van der Waals surface area contributed by atoms with Crippen LogP contribution in [0, 0.1) is 11.8 Å². The molecule has 2 atom stereocenters. The van der Waals surface area contributed by atoms with E-state index in [4.69, 9.17) is 0 Å². The number of fused-ring (bicyclic) bond motifs is 2. The molecule has 2 aliphatic rings. The first-order valence-electron chi connectivity index (χ1n) is 5.26. The highest BCUT2D eigenvalue weighted by atomic mass is 14.2. The second kappa shape index (κ2) is 3.53. The molecule has 2 rings (SSSR count). The first-order valence-corrected chi connectivity index (χ1v) is 5.26. The lowest BCUT2D eigenvalue weighted by atomic mass is 9.93. The molecule has 0 heteroatoms. The van der Waals surface area contributed by atoms with Gasteiger partial charge >= 0.3 is 0 Å². The highest BCUT2D eigenvalue weighted by Gasteiger charge is 2.19. The predicted octanol–water partition coefficient (Wildman–Crippen LogP) is 3.87. The molecular weight excluding hydrogens is 156 g/mol. The number of hydrogen-bond donors (Lipinski definition) is 0. The Balaban J connectivity index is 2.26. The smallest absolute Gasteiger partial charge is 0.0187 e. The topological polar surface area (TPSA) is 0 Å². The predicted molar refractivity (Wildman–Crippen MR) is 57.5 cm³/mol. The van der Waals surface area contributed by atoms with Gasteiger partial charge < -0.3 is 0 Å². The largest absolute Gasteiger partial charge is 0.0811 e. The van der Waals surface area contributed by atoms with E-state index in [0.717, 1.165) is 11.8 Å². The fraction of sp³-hybridized carbons (Fsp3) is 0.538. The maximum Gasteiger partial charge on any atom is -0.0187 e. The highest BCUT2D eigenvalue weighted by Crippen LogP contribution is 2.34. The normalized spacial score (nSPS) is 33.1. The zero-order chi connectivity index (χ0) is 9.26. The van der Waals surface area contributed by atoms with Gasteiger partial charge in [-0.25, -0.2) is 0 Å². The third kappa shape index (κ3) is 1.93. The fourth-order valence-electron chi connectivity index (χ4n) is 2.43. The molecule has 70 valence electrons. The molecule has 0 aromatic rings. The monoisotopic (exact) mass is 174 g/mol. The molecule has 0 aromatic carbocycles. The summed E-state index contributed by atoms with van der Waals surface area (Å²) in [5.41, 5.74) is 3.24. The molecule has 0 heterocycles. The summed E-state index contributed by atoms with van der Waals surface area (Å²) in [6.45, 7) is 4.59. The second-order valence-electron chi connectivity index (χ2n) is 4.49. The van der Waals surface area contributed by atoms with Gasteiger partial charge in [-0.05, 0) is 44.9 Å². The summed E-state index contributed by atoms with van der Waals surface area (Å²) < 4.78 is 0. The van der Waals surface area contributed by atoms with Crippen molar-refractivity contribution in [2.24, 2.45) is 11.8 Å². The molecular formula is C13H18. The van der Waals surface area contributed by atoms with Gasteiger partial charge in [0, 0.05) is 0 Å². The molecule has 13 heavy (non-hydrogen) atoms. The average molecular weight is 174 g/mol. The Morgan fingerprint density at radius 2 is 1.38 bits per heavy atom. The Morgan fingerprint density at radius 3 is 1.85 bits per heavy atom. The highest BCUT2D eigenvalue weighted by molar-refractivity contribution is 5.20. The summed E-state index contributed by atoms with van der Waals surface area (Å²) in [7, 11) is 0. The van der Waals surface area contributed by atoms with Crippen LogP contribution >= 0.6 is 0 Å². The lowest BCUT2D eigenvalue weighted by Crippen LogP contribution is -2.00. The van der Waals surface area contributed by atoms with Crippen molar-refractivity contribution in [3.63, 3.8) is 0 Å². The third-order valence-corrected chi connectivity index (χ3v) is 3.35. The molecule has 0 fully saturated rings. The van der Waals surface area contributed by atoms with Crippen molar-refractivity contribution in [1.29, 1.82) is 0 Å². The average Bonchev–Trinajstić information content (AvgIpc) is 2.36. The van der Waals surface area contributed by atoms with E-state index in [-0.39, 0.29) is 0 Å². The van der Waals surface area contributed by atoms with Gasteiger partial charge in [0.05, 0.1) is 0 Å². The fourth-order valence-corrected chi connectivity index (χ4v) is 2.43. The summed E-state index contributed by atoms with van der Waals surface area (Å²) in [4.78, 5) is 0. The summed E-state index contributed by atoms with van der Waals surface area (Å²) in [5.74, 6) is 1.58. The lowest BCUT2D eigenvalue weighted by Gasteiger charge is -2.12. The first kappa shape index (κ1) is 8.80. The van der Waals surface area contributed by atoms with E-state index >= 15 is 0 Å². The van der Waals surface area contributed by atoms with Crippen LogP contribution in [-0.2, 0) is 0 Å². The van der Waals surface area contributed by atoms with Crippen LogP contribution in [0.15, 0.2) is 35.5 Å². The van der Waals surface area contributed by atoms with E-state index in [1.807, 2.05) is 0 Å². The molecule has 0 spiro atoms. The summed E-state index contributed by atoms with van der Waals surface area (Å²) in [6, 6.07) is 0. The Labute approximate surface area is 81.0 Å². The molecule has 0 amide bonds. The summed E-state index contributed by atoms with van der Waals surface area (Å²) >= 11 is 0. The van der Waals surface area contributed by atoms with E-state index in [1.54, 1.807) is 11.1 Å². The molecule has 2 bridgehead atoms. The van der Waals surface area contributed by atoms with Crippen molar-refractivity contribution in [2.45, 2.75) is 33.1 Å². The molecule has 0 N–H and O–H groups in total. The van der Waals surface area contributed by atoms with E-state index in [2.05, 4.69) is 38.2 Å². The van der Waals surface area contributed by atoms with Crippen LogP contribution in [-0.4, -0.2) is 0 Å². The quantitative estimate of drug-likeness (QED) is 0.489. The summed E-state index contributed by atoms with van der Waals surface area (Å²) in [5, 5.41) is 0. The Hall–Kier alpha value is -0.780. The maximum absolute atomic E-state index is 2.37. The van der Waals surface area contributed by atoms with Crippen LogP contribution in [0.5, 0.6) is 0 Å². The lowest BCUT2D eigenvalue weighted by molar-refractivity contribution is 0.500. The maximum atomic E-state index is 2.37. The van der Waals surface area contributed by atoms with Crippen LogP contribution in [0.2, 0.25) is 0 Å². The van der Waals surface area contributed by atoms with Crippen molar-refractivity contribution in [1.82, 2.24) is 0 Å². The minimum absolute atomic E-state index is 0.789. The Kier molecular flexibility index (Phi) is 2.39. The van der Waals surface area contributed by atoms with Crippen molar-refractivity contribution in [3.8, 4) is 0 Å². The van der Waals surface area contributed by atoms with E-state index in [1.165, 1.54) is 19.3 Å². The molecule has 0 saturated carbocycles. The van der Waals surface area contributed by atoms with Gasteiger partial charge in [0.15, 0.2) is 0 Å². The summed E-state index contributed by atoms with van der Waals surface area (Å²) in [6.07, 6.45) is 13.1. The molecule has 0 nitrogen and oxygen atoms in total. The minimum Gasteiger partial charge on any atom is -0.0811 e. The Morgan fingerprint density at radius 1 is 0.923 bits per heavy atom. The first-order chi connectivity index (χ1) is 6.25. The molecule has 0 radical (unpaired) electrons. The van der Waals surface area contributed by atoms with Gasteiger partial charge in [0.2, 0.25) is 0 Å². The third-order valence-electron chi connectivity index (χ3n) is 3.35. The van der Waals surface area contributed by atoms with Crippen LogP contribution in [0.4, 0.5) is 0 Å². The molecule has 0 saturated heterocycles. The van der Waals surface area contributed by atoms with E-state index in [0.29, 0.717) is 0 Å². The second-order valence-corrected chi connectivity index (χ2v) is 4.49. The Bertz CT molecular complexity index is 250. The number of hydrogen-bond acceptors (Lipinski definition) is 0. The van der Waals surface area contributed by atoms with Crippen LogP contribution < -0.4 is 0 Å². The van der Waals surface area contributed by atoms with Gasteiger partial charge in [-0.1, -0.05) is 35.5 Å². The van der Waals surface area contributed by atoms with Gasteiger partial charge in [-0.3, -0.25) is 0 Å². The zero-order valence-corrected chi connectivity index (χ0v) is 8.59. The molecule has 2 aliphatic carbocycles. The van der Waals surface area contributed by atoms with Crippen molar-refractivity contribution < 1.29 is 0 Å². The van der Waals surface area contributed by atoms with Crippen LogP contribution in [0.3, 0.4) is 0 Å². The molecule has 0 aliphatic heterocycles. The minimum atomic E-state index is 0.789. The van der Waals surface area contributed by atoms with Crippen LogP contribution in [0.1, 0.15) is 33.1 Å². The van der Waals surface area contributed by atoms with Crippen LogP contribution in [0.25, 0.3) is 0 Å². The standard InChI is InChI=1S/C13H18/c1-10-7-12-5-3-4-6-13(9-12)8-11(10)2/h3-6,12-13H,7-9H2,1-2H3. The van der Waals surface area contributed by atoms with E-state index < -0.39 is 0 Å². The number of allylic oxidation sites excluding steroid dienone is 6. The van der Waals surface area contributed by atoms with Gasteiger partial charge in [0.1, 0.15) is 0 Å². The van der Waals surface area contributed by atoms with E-state index in [9.17, 15) is 0 Å². The molecule has 2 unspecified atom stereocenters. The SMILES string of the molecule is CC1=C(C)CC2C=CC=CC(C1)C2. The number of rotatable bonds is 0.